The molecule has 5 nitrogen and oxygen atoms in total. The molecular weight excluding hydrogens is 316 g/mol. The first kappa shape index (κ1) is 20.4. The lowest BCUT2D eigenvalue weighted by molar-refractivity contribution is -0.105. The van der Waals surface area contributed by atoms with Gasteiger partial charge in [-0.2, -0.15) is 0 Å². The number of hydrogen-bond acceptors (Lipinski definition) is 4. The van der Waals surface area contributed by atoms with Crippen molar-refractivity contribution < 1.29 is 14.6 Å². The molecule has 136 valence electrons. The predicted octanol–water partition coefficient (Wildman–Crippen LogP) is 4.09. The topological polar surface area (TPSA) is 84.6 Å². The second-order valence-corrected chi connectivity index (χ2v) is 6.16. The molecule has 2 rings (SSSR count). The molecule has 0 heterocycles. The van der Waals surface area contributed by atoms with Gasteiger partial charge in [-0.1, -0.05) is 0 Å². The van der Waals surface area contributed by atoms with Gasteiger partial charge in [-0.15, -0.1) is 0 Å². The summed E-state index contributed by atoms with van der Waals surface area (Å²) in [6.45, 7) is 11.6. The molecule has 0 radical (unpaired) electrons. The summed E-state index contributed by atoms with van der Waals surface area (Å²) in [5.74, 6) is 1.19. The average Bonchev–Trinajstić information content (AvgIpc) is 2.58. The lowest BCUT2D eigenvalue weighted by Crippen LogP contribution is -2.00. The Bertz CT molecular complexity index is 783. The number of aryl methyl sites for hydroxylation is 2. The average molecular weight is 344 g/mol. The van der Waals surface area contributed by atoms with Crippen molar-refractivity contribution in [3.63, 3.8) is 0 Å². The van der Waals surface area contributed by atoms with Crippen molar-refractivity contribution in [2.75, 3.05) is 18.2 Å². The number of benzene rings is 2. The number of hydrogen-bond donors (Lipinski definition) is 3. The second kappa shape index (κ2) is 8.42. The van der Waals surface area contributed by atoms with Gasteiger partial charge in [-0.05, 0) is 87.1 Å². The molecule has 2 aromatic rings. The molecular formula is C20H28N2O3. The minimum absolute atomic E-state index is 0.270. The number of carbonyl (C=O) groups excluding carboxylic acids is 1. The van der Waals surface area contributed by atoms with E-state index in [9.17, 15) is 9.90 Å². The summed E-state index contributed by atoms with van der Waals surface area (Å²) in [6.07, 6.45) is 0.645. The lowest BCUT2D eigenvalue weighted by atomic mass is 10.0. The number of phenolic OH excluding ortho intramolecular Hbond substituents is 1. The van der Waals surface area contributed by atoms with Gasteiger partial charge in [-0.3, -0.25) is 4.79 Å². The van der Waals surface area contributed by atoms with Gasteiger partial charge in [0.05, 0.1) is 7.11 Å². The number of phenols is 1. The maximum atomic E-state index is 10.3. The Labute approximate surface area is 149 Å². The number of anilines is 2. The standard InChI is InChI=1S/C10H13NO2.C10H15NO/c1-6-4-9(13)7(2)8(3)10(6)11-5-12;1-6-5-9(12-4)7(2)8(3)10(6)11/h4-5,13H,1-3H3,(H,11,12);5H,11H2,1-4H3. The first-order valence-corrected chi connectivity index (χ1v) is 8.05. The van der Waals surface area contributed by atoms with Crippen LogP contribution in [0.4, 0.5) is 11.4 Å². The van der Waals surface area contributed by atoms with E-state index in [4.69, 9.17) is 10.5 Å². The van der Waals surface area contributed by atoms with Crippen molar-refractivity contribution in [3.05, 3.63) is 45.5 Å². The van der Waals surface area contributed by atoms with Crippen LogP contribution in [-0.4, -0.2) is 18.6 Å². The number of ether oxygens (including phenoxy) is 1. The van der Waals surface area contributed by atoms with Crippen LogP contribution in [0.1, 0.15) is 33.4 Å². The molecule has 5 heteroatoms. The third-order valence-electron chi connectivity index (χ3n) is 4.60. The SMILES string of the molecule is COc1cc(C)c(N)c(C)c1C.Cc1cc(O)c(C)c(C)c1NC=O. The highest BCUT2D eigenvalue weighted by Crippen LogP contribution is 2.30. The summed E-state index contributed by atoms with van der Waals surface area (Å²) in [7, 11) is 1.68. The van der Waals surface area contributed by atoms with Crippen LogP contribution < -0.4 is 15.8 Å². The normalized spacial score (nSPS) is 9.88. The predicted molar refractivity (Wildman–Crippen MR) is 104 cm³/mol. The molecule has 0 aliphatic heterocycles. The number of nitrogens with one attached hydrogen (secondary N) is 1. The number of rotatable bonds is 3. The van der Waals surface area contributed by atoms with Crippen LogP contribution in [0.15, 0.2) is 12.1 Å². The smallest absolute Gasteiger partial charge is 0.211 e. The number of aromatic hydroxyl groups is 1. The molecule has 0 aliphatic carbocycles. The maximum Gasteiger partial charge on any atom is 0.211 e. The molecule has 0 saturated heterocycles. The first-order valence-electron chi connectivity index (χ1n) is 8.05. The summed E-state index contributed by atoms with van der Waals surface area (Å²) >= 11 is 0. The van der Waals surface area contributed by atoms with Gasteiger partial charge in [0.15, 0.2) is 0 Å². The fraction of sp³-hybridized carbons (Fsp3) is 0.350. The van der Waals surface area contributed by atoms with Gasteiger partial charge in [0.1, 0.15) is 11.5 Å². The highest BCUT2D eigenvalue weighted by molar-refractivity contribution is 5.77. The van der Waals surface area contributed by atoms with Crippen LogP contribution in [0.25, 0.3) is 0 Å². The van der Waals surface area contributed by atoms with E-state index < -0.39 is 0 Å². The highest BCUT2D eigenvalue weighted by atomic mass is 16.5. The Morgan fingerprint density at radius 1 is 0.960 bits per heavy atom. The molecule has 0 spiro atoms. The number of nitrogen functional groups attached to an aromatic ring is 1. The van der Waals surface area contributed by atoms with E-state index in [2.05, 4.69) is 5.32 Å². The Morgan fingerprint density at radius 2 is 1.56 bits per heavy atom. The van der Waals surface area contributed by atoms with Gasteiger partial charge < -0.3 is 20.9 Å². The largest absolute Gasteiger partial charge is 0.508 e. The molecule has 0 bridgehead atoms. The van der Waals surface area contributed by atoms with Crippen LogP contribution in [0.5, 0.6) is 11.5 Å². The summed E-state index contributed by atoms with van der Waals surface area (Å²) in [6, 6.07) is 3.62. The van der Waals surface area contributed by atoms with Gasteiger partial charge in [0.25, 0.3) is 0 Å². The van der Waals surface area contributed by atoms with Gasteiger partial charge in [-0.25, -0.2) is 0 Å². The lowest BCUT2D eigenvalue weighted by Gasteiger charge is -2.12. The van der Waals surface area contributed by atoms with E-state index in [1.165, 1.54) is 0 Å². The van der Waals surface area contributed by atoms with Gasteiger partial charge in [0, 0.05) is 11.4 Å². The molecule has 0 atom stereocenters. The third-order valence-corrected chi connectivity index (χ3v) is 4.60. The summed E-state index contributed by atoms with van der Waals surface area (Å²) in [5.41, 5.74) is 13.4. The Hall–Kier alpha value is -2.69. The maximum absolute atomic E-state index is 10.3. The van der Waals surface area contributed by atoms with Crippen molar-refractivity contribution in [3.8, 4) is 11.5 Å². The van der Waals surface area contributed by atoms with E-state index in [-0.39, 0.29) is 5.75 Å². The second-order valence-electron chi connectivity index (χ2n) is 6.16. The molecule has 0 aromatic heterocycles. The van der Waals surface area contributed by atoms with E-state index in [1.807, 2.05) is 47.6 Å². The van der Waals surface area contributed by atoms with Gasteiger partial charge >= 0.3 is 0 Å². The van der Waals surface area contributed by atoms with E-state index in [0.29, 0.717) is 6.41 Å². The third kappa shape index (κ3) is 4.44. The van der Waals surface area contributed by atoms with Crippen molar-refractivity contribution >= 4 is 17.8 Å². The summed E-state index contributed by atoms with van der Waals surface area (Å²) in [4.78, 5) is 10.3. The van der Waals surface area contributed by atoms with Crippen LogP contribution in [0.2, 0.25) is 0 Å². The highest BCUT2D eigenvalue weighted by Gasteiger charge is 2.08. The van der Waals surface area contributed by atoms with Crippen LogP contribution in [0, 0.1) is 41.5 Å². The van der Waals surface area contributed by atoms with Crippen molar-refractivity contribution in [2.45, 2.75) is 41.5 Å². The minimum Gasteiger partial charge on any atom is -0.508 e. The Kier molecular flexibility index (Phi) is 6.86. The molecule has 1 amide bonds. The molecule has 0 saturated carbocycles. The molecule has 0 unspecified atom stereocenters. The summed E-state index contributed by atoms with van der Waals surface area (Å²) in [5, 5.41) is 12.1. The molecule has 25 heavy (non-hydrogen) atoms. The molecule has 2 aromatic carbocycles. The van der Waals surface area contributed by atoms with Gasteiger partial charge in [0.2, 0.25) is 6.41 Å². The number of nitrogens with two attached hydrogens (primary N) is 1. The number of carbonyl (C=O) groups is 1. The van der Waals surface area contributed by atoms with Crippen molar-refractivity contribution in [2.24, 2.45) is 0 Å². The minimum atomic E-state index is 0.270. The number of amides is 1. The molecule has 4 N–H and O–H groups in total. The van der Waals surface area contributed by atoms with Crippen molar-refractivity contribution in [1.82, 2.24) is 0 Å². The molecule has 0 aliphatic rings. The van der Waals surface area contributed by atoms with Crippen LogP contribution in [-0.2, 0) is 4.79 Å². The first-order chi connectivity index (χ1) is 11.6. The zero-order chi connectivity index (χ0) is 19.3. The molecule has 0 fully saturated rings. The van der Waals surface area contributed by atoms with E-state index in [0.717, 1.165) is 50.5 Å². The zero-order valence-corrected chi connectivity index (χ0v) is 16.1. The van der Waals surface area contributed by atoms with E-state index >= 15 is 0 Å². The monoisotopic (exact) mass is 344 g/mol. The van der Waals surface area contributed by atoms with Crippen LogP contribution >= 0.6 is 0 Å². The fourth-order valence-corrected chi connectivity index (χ4v) is 2.62. The van der Waals surface area contributed by atoms with Crippen LogP contribution in [0.3, 0.4) is 0 Å². The summed E-state index contributed by atoms with van der Waals surface area (Å²) < 4.78 is 5.21. The van der Waals surface area contributed by atoms with E-state index in [1.54, 1.807) is 13.2 Å². The zero-order valence-electron chi connectivity index (χ0n) is 16.1. The Morgan fingerprint density at radius 3 is 2.08 bits per heavy atom. The van der Waals surface area contributed by atoms with Crippen molar-refractivity contribution in [1.29, 1.82) is 0 Å². The number of methoxy groups -OCH3 is 1. The fourth-order valence-electron chi connectivity index (χ4n) is 2.62. The quantitative estimate of drug-likeness (QED) is 0.445. The Balaban J connectivity index is 0.000000251.